The number of carbonyl (C=O) groups is 1. The summed E-state index contributed by atoms with van der Waals surface area (Å²) in [6.45, 7) is 10.8. The molecule has 0 aliphatic carbocycles. The maximum atomic E-state index is 15.1. The average molecular weight is 523 g/mol. The van der Waals surface area contributed by atoms with Crippen molar-refractivity contribution >= 4 is 34.7 Å². The molecule has 0 bridgehead atoms. The lowest BCUT2D eigenvalue weighted by Gasteiger charge is -2.15. The van der Waals surface area contributed by atoms with Crippen LogP contribution in [0.5, 0.6) is 0 Å². The zero-order valence-corrected chi connectivity index (χ0v) is 22.6. The Kier molecular flexibility index (Phi) is 7.73. The van der Waals surface area contributed by atoms with E-state index < -0.39 is 35.3 Å². The fourth-order valence-electron chi connectivity index (χ4n) is 3.74. The van der Waals surface area contributed by atoms with Crippen molar-refractivity contribution in [3.8, 4) is 11.1 Å². The Morgan fingerprint density at radius 2 is 1.91 bits per heavy atom. The van der Waals surface area contributed by atoms with E-state index in [4.69, 9.17) is 9.47 Å². The molecule has 0 saturated carbocycles. The summed E-state index contributed by atoms with van der Waals surface area (Å²) in [4.78, 5) is 28.2. The molecule has 8 nitrogen and oxygen atoms in total. The molecule has 1 aromatic carbocycles. The first-order valence-electron chi connectivity index (χ1n) is 11.2. The molecule has 0 amide bonds. The number of H-pyrrole nitrogens is 1. The number of aromatic amines is 1. The van der Waals surface area contributed by atoms with Gasteiger partial charge in [-0.15, -0.1) is 0 Å². The number of benzene rings is 1. The third kappa shape index (κ3) is 5.91. The van der Waals surface area contributed by atoms with Crippen molar-refractivity contribution < 1.29 is 27.1 Å². The fraction of sp³-hybridized carbons (Fsp3) is 0.417. The van der Waals surface area contributed by atoms with E-state index in [1.54, 1.807) is 24.6 Å². The molecule has 11 heteroatoms. The number of rotatable bonds is 9. The molecule has 0 radical (unpaired) electrons. The van der Waals surface area contributed by atoms with Gasteiger partial charge in [0.2, 0.25) is 0 Å². The highest BCUT2D eigenvalue weighted by atomic mass is 32.2. The second kappa shape index (κ2) is 10.1. The third-order valence-corrected chi connectivity index (χ3v) is 8.49. The van der Waals surface area contributed by atoms with Crippen LogP contribution in [0.2, 0.25) is 25.7 Å². The van der Waals surface area contributed by atoms with Gasteiger partial charge in [0.25, 0.3) is 5.56 Å². The maximum absolute atomic E-state index is 15.1. The molecule has 0 unspecified atom stereocenters. The summed E-state index contributed by atoms with van der Waals surface area (Å²) >= 11 is 0. The molecule has 0 spiro atoms. The number of hydrogen-bond acceptors (Lipinski definition) is 6. The van der Waals surface area contributed by atoms with E-state index >= 15 is 4.39 Å². The minimum atomic E-state index is -3.66. The number of nitrogens with zero attached hydrogens (tertiary/aromatic N) is 1. The topological polar surface area (TPSA) is 107 Å². The second-order valence-corrected chi connectivity index (χ2v) is 17.3. The largest absolute Gasteiger partial charge is 0.461 e. The summed E-state index contributed by atoms with van der Waals surface area (Å²) in [5, 5.41) is 0.554. The lowest BCUT2D eigenvalue weighted by atomic mass is 9.98. The first-order chi connectivity index (χ1) is 16.2. The van der Waals surface area contributed by atoms with Gasteiger partial charge in [-0.1, -0.05) is 19.6 Å². The van der Waals surface area contributed by atoms with Crippen LogP contribution in [-0.2, 0) is 26.0 Å². The highest BCUT2D eigenvalue weighted by molar-refractivity contribution is 7.90. The van der Waals surface area contributed by atoms with Crippen LogP contribution in [0.25, 0.3) is 21.9 Å². The van der Waals surface area contributed by atoms with E-state index in [2.05, 4.69) is 24.6 Å². The number of aryl methyl sites for hydroxylation is 1. The van der Waals surface area contributed by atoms with Crippen molar-refractivity contribution in [2.75, 3.05) is 19.5 Å². The Morgan fingerprint density at radius 1 is 1.23 bits per heavy atom. The van der Waals surface area contributed by atoms with Gasteiger partial charge in [0.15, 0.2) is 9.84 Å². The summed E-state index contributed by atoms with van der Waals surface area (Å²) in [5.41, 5.74) is -0.278. The van der Waals surface area contributed by atoms with Gasteiger partial charge in [0.1, 0.15) is 18.2 Å². The smallest absolute Gasteiger partial charge is 0.355 e. The maximum Gasteiger partial charge on any atom is 0.355 e. The van der Waals surface area contributed by atoms with Gasteiger partial charge in [0.05, 0.1) is 16.9 Å². The number of hydrogen-bond donors (Lipinski definition) is 1. The van der Waals surface area contributed by atoms with Crippen molar-refractivity contribution in [3.63, 3.8) is 0 Å². The molecule has 2 aromatic heterocycles. The molecule has 0 aliphatic rings. The van der Waals surface area contributed by atoms with Crippen LogP contribution < -0.4 is 5.56 Å². The number of pyridine rings is 1. The quantitative estimate of drug-likeness (QED) is 0.194. The van der Waals surface area contributed by atoms with Gasteiger partial charge in [-0.25, -0.2) is 17.6 Å². The molecule has 0 aliphatic heterocycles. The van der Waals surface area contributed by atoms with E-state index in [9.17, 15) is 18.0 Å². The number of esters is 1. The van der Waals surface area contributed by atoms with Crippen molar-refractivity contribution in [1.29, 1.82) is 0 Å². The van der Waals surface area contributed by atoms with Crippen LogP contribution >= 0.6 is 0 Å². The Bertz CT molecular complexity index is 1440. The molecule has 3 aromatic rings. The summed E-state index contributed by atoms with van der Waals surface area (Å²) < 4.78 is 52.1. The van der Waals surface area contributed by atoms with Gasteiger partial charge in [0, 0.05) is 49.3 Å². The fourth-order valence-corrected chi connectivity index (χ4v) is 5.15. The highest BCUT2D eigenvalue weighted by Gasteiger charge is 2.26. The molecule has 3 rings (SSSR count). The Morgan fingerprint density at radius 3 is 2.51 bits per heavy atom. The summed E-state index contributed by atoms with van der Waals surface area (Å²) in [6, 6.07) is 4.32. The lowest BCUT2D eigenvalue weighted by Crippen LogP contribution is -2.22. The Labute approximate surface area is 205 Å². The monoisotopic (exact) mass is 522 g/mol. The predicted molar refractivity (Wildman–Crippen MR) is 136 cm³/mol. The van der Waals surface area contributed by atoms with Gasteiger partial charge in [-0.05, 0) is 38.1 Å². The van der Waals surface area contributed by atoms with Crippen LogP contribution in [0.15, 0.2) is 34.1 Å². The third-order valence-electron chi connectivity index (χ3n) is 5.67. The van der Waals surface area contributed by atoms with Crippen LogP contribution in [0.1, 0.15) is 23.1 Å². The normalized spacial score (nSPS) is 12.3. The van der Waals surface area contributed by atoms with E-state index in [1.165, 1.54) is 0 Å². The molecule has 190 valence electrons. The summed E-state index contributed by atoms with van der Waals surface area (Å²) in [6.07, 6.45) is 2.64. The molecule has 0 saturated heterocycles. The number of ether oxygens (including phenoxy) is 2. The standard InChI is InChI=1S/C24H31FN2O6SSi/c1-7-33-24(29)22-21(17-12-16(34(3,30)31)8-9-19(17)25)18-13-27(14-32-10-11-35(4,5)6)15(2)20(18)23(28)26-22/h8-9,12-13H,7,10-11,14H2,1-6H3,(H,26,28). The predicted octanol–water partition coefficient (Wildman–Crippen LogP) is 4.34. The number of nitrogens with one attached hydrogen (secondary N) is 1. The molecule has 35 heavy (non-hydrogen) atoms. The number of aromatic nitrogens is 2. The van der Waals surface area contributed by atoms with Gasteiger partial charge < -0.3 is 19.0 Å². The van der Waals surface area contributed by atoms with E-state index in [1.807, 2.05) is 0 Å². The molecule has 1 N–H and O–H groups in total. The van der Waals surface area contributed by atoms with Crippen LogP contribution in [-0.4, -0.2) is 51.5 Å². The van der Waals surface area contributed by atoms with E-state index in [-0.39, 0.29) is 40.4 Å². The van der Waals surface area contributed by atoms with Gasteiger partial charge in [-0.3, -0.25) is 4.79 Å². The van der Waals surface area contributed by atoms with Gasteiger partial charge in [-0.2, -0.15) is 0 Å². The van der Waals surface area contributed by atoms with Gasteiger partial charge >= 0.3 is 5.97 Å². The SMILES string of the molecule is CCOC(=O)c1[nH]c(=O)c2c(C)n(COCC[Si](C)(C)C)cc2c1-c1cc(S(C)(=O)=O)ccc1F. The first kappa shape index (κ1) is 26.8. The zero-order chi connectivity index (χ0) is 26.1. The second-order valence-electron chi connectivity index (χ2n) is 9.66. The molecular formula is C24H31FN2O6SSi. The molecular weight excluding hydrogens is 491 g/mol. The minimum Gasteiger partial charge on any atom is -0.461 e. The number of carbonyl (C=O) groups excluding carboxylic acids is 1. The Hall–Kier alpha value is -2.76. The van der Waals surface area contributed by atoms with Crippen molar-refractivity contribution in [1.82, 2.24) is 9.55 Å². The summed E-state index contributed by atoms with van der Waals surface area (Å²) in [7, 11) is -4.95. The van der Waals surface area contributed by atoms with Crippen molar-refractivity contribution in [2.24, 2.45) is 0 Å². The summed E-state index contributed by atoms with van der Waals surface area (Å²) in [5.74, 6) is -1.59. The van der Waals surface area contributed by atoms with E-state index in [0.29, 0.717) is 17.7 Å². The number of sulfone groups is 1. The first-order valence-corrected chi connectivity index (χ1v) is 16.8. The number of fused-ring (bicyclic) bond motifs is 1. The van der Waals surface area contributed by atoms with Crippen molar-refractivity contribution in [2.45, 2.75) is 51.2 Å². The van der Waals surface area contributed by atoms with Crippen LogP contribution in [0, 0.1) is 12.7 Å². The lowest BCUT2D eigenvalue weighted by molar-refractivity contribution is 0.0520. The van der Waals surface area contributed by atoms with Crippen LogP contribution in [0.4, 0.5) is 4.39 Å². The number of halogens is 1. The highest BCUT2D eigenvalue weighted by Crippen LogP contribution is 2.35. The molecule has 2 heterocycles. The van der Waals surface area contributed by atoms with Crippen LogP contribution in [0.3, 0.4) is 0 Å². The van der Waals surface area contributed by atoms with Crippen molar-refractivity contribution in [3.05, 3.63) is 52.0 Å². The Balaban J connectivity index is 2.26. The average Bonchev–Trinajstić information content (AvgIpc) is 3.07. The zero-order valence-electron chi connectivity index (χ0n) is 20.8. The molecule has 0 atom stereocenters. The molecule has 0 fully saturated rings. The minimum absolute atomic E-state index is 0.0369. The van der Waals surface area contributed by atoms with E-state index in [0.717, 1.165) is 30.5 Å².